The molecule has 0 spiro atoms. The molecule has 0 aliphatic carbocycles. The molecular weight excluding hydrogens is 190 g/mol. The van der Waals surface area contributed by atoms with Gasteiger partial charge in [0.1, 0.15) is 0 Å². The maximum atomic E-state index is 11.2. The van der Waals surface area contributed by atoms with E-state index in [0.29, 0.717) is 12.0 Å². The van der Waals surface area contributed by atoms with E-state index < -0.39 is 0 Å². The van der Waals surface area contributed by atoms with E-state index in [2.05, 4.69) is 5.32 Å². The number of benzene rings is 1. The zero-order valence-corrected chi connectivity index (χ0v) is 9.63. The molecular formula is C12H17NO2. The lowest BCUT2D eigenvalue weighted by Crippen LogP contribution is -2.22. The van der Waals surface area contributed by atoms with Crippen molar-refractivity contribution < 1.29 is 9.59 Å². The third-order valence-corrected chi connectivity index (χ3v) is 1.82. The van der Waals surface area contributed by atoms with Gasteiger partial charge in [-0.1, -0.05) is 31.5 Å². The predicted molar refractivity (Wildman–Crippen MR) is 60.8 cm³/mol. The zero-order chi connectivity index (χ0) is 11.8. The number of hydrogen-bond donors (Lipinski definition) is 1. The summed E-state index contributed by atoms with van der Waals surface area (Å²) in [6.07, 6.45) is 0.391. The van der Waals surface area contributed by atoms with E-state index in [9.17, 15) is 9.59 Å². The molecule has 0 saturated heterocycles. The zero-order valence-electron chi connectivity index (χ0n) is 9.63. The van der Waals surface area contributed by atoms with Crippen LogP contribution in [0.25, 0.3) is 0 Å². The maximum Gasteiger partial charge on any atom is 0.257 e. The Balaban J connectivity index is 0.000000921. The second-order valence-electron chi connectivity index (χ2n) is 2.91. The van der Waals surface area contributed by atoms with Crippen LogP contribution in [-0.4, -0.2) is 12.3 Å². The van der Waals surface area contributed by atoms with Gasteiger partial charge in [-0.05, 0) is 25.5 Å². The minimum absolute atomic E-state index is 0.354. The van der Waals surface area contributed by atoms with Gasteiger partial charge in [-0.3, -0.25) is 14.9 Å². The summed E-state index contributed by atoms with van der Waals surface area (Å²) in [6, 6.07) is 5.45. The molecule has 0 radical (unpaired) electrons. The molecule has 0 unspecified atom stereocenters. The summed E-state index contributed by atoms with van der Waals surface area (Å²) in [5.74, 6) is -0.354. The van der Waals surface area contributed by atoms with Crippen molar-refractivity contribution in [1.29, 1.82) is 0 Å². The maximum absolute atomic E-state index is 11.2. The molecule has 0 aliphatic rings. The molecule has 1 aromatic rings. The first-order valence-corrected chi connectivity index (χ1v) is 4.97. The molecule has 0 heterocycles. The molecule has 82 valence electrons. The van der Waals surface area contributed by atoms with Crippen LogP contribution in [0.2, 0.25) is 0 Å². The van der Waals surface area contributed by atoms with Gasteiger partial charge >= 0.3 is 0 Å². The van der Waals surface area contributed by atoms with Gasteiger partial charge in [-0.2, -0.15) is 0 Å². The number of rotatable bonds is 2. The van der Waals surface area contributed by atoms with E-state index in [-0.39, 0.29) is 5.91 Å². The molecule has 0 atom stereocenters. The summed E-state index contributed by atoms with van der Waals surface area (Å²) in [5.41, 5.74) is 2.51. The predicted octanol–water partition coefficient (Wildman–Crippen LogP) is 2.22. The molecule has 15 heavy (non-hydrogen) atoms. The van der Waals surface area contributed by atoms with E-state index in [1.54, 1.807) is 6.07 Å². The van der Waals surface area contributed by atoms with Gasteiger partial charge in [0.05, 0.1) is 0 Å². The van der Waals surface area contributed by atoms with Gasteiger partial charge in [0, 0.05) is 5.56 Å². The largest absolute Gasteiger partial charge is 0.295 e. The molecule has 1 aromatic carbocycles. The van der Waals surface area contributed by atoms with Gasteiger partial charge in [0.25, 0.3) is 5.91 Å². The molecule has 3 heteroatoms. The van der Waals surface area contributed by atoms with Crippen molar-refractivity contribution >= 4 is 12.3 Å². The standard InChI is InChI=1S/C10H11NO2.C2H6/c1-7-3-4-9(8(2)5-7)10(13)11-6-12;1-2/h3-6H,1-2H3,(H,11,12,13);1-2H3. The first kappa shape index (κ1) is 13.4. The summed E-state index contributed by atoms with van der Waals surface area (Å²) in [6.45, 7) is 7.79. The van der Waals surface area contributed by atoms with Gasteiger partial charge < -0.3 is 0 Å². The van der Waals surface area contributed by atoms with Crippen LogP contribution in [0, 0.1) is 13.8 Å². The van der Waals surface area contributed by atoms with E-state index in [0.717, 1.165) is 11.1 Å². The third kappa shape index (κ3) is 3.94. The fourth-order valence-electron chi connectivity index (χ4n) is 1.20. The van der Waals surface area contributed by atoms with Gasteiger partial charge in [-0.25, -0.2) is 0 Å². The normalized spacial score (nSPS) is 8.53. The van der Waals surface area contributed by atoms with Crippen LogP contribution in [0.5, 0.6) is 0 Å². The Morgan fingerprint density at radius 2 is 1.87 bits per heavy atom. The Morgan fingerprint density at radius 3 is 2.33 bits per heavy atom. The van der Waals surface area contributed by atoms with Crippen molar-refractivity contribution in [1.82, 2.24) is 5.32 Å². The van der Waals surface area contributed by atoms with Gasteiger partial charge in [0.2, 0.25) is 6.41 Å². The molecule has 1 N–H and O–H groups in total. The molecule has 0 fully saturated rings. The third-order valence-electron chi connectivity index (χ3n) is 1.82. The van der Waals surface area contributed by atoms with Crippen molar-refractivity contribution in [3.63, 3.8) is 0 Å². The van der Waals surface area contributed by atoms with E-state index >= 15 is 0 Å². The van der Waals surface area contributed by atoms with E-state index in [4.69, 9.17) is 0 Å². The van der Waals surface area contributed by atoms with Crippen LogP contribution < -0.4 is 5.32 Å². The van der Waals surface area contributed by atoms with Gasteiger partial charge in [-0.15, -0.1) is 0 Å². The summed E-state index contributed by atoms with van der Waals surface area (Å²) >= 11 is 0. The molecule has 1 rings (SSSR count). The summed E-state index contributed by atoms with van der Waals surface area (Å²) in [5, 5.41) is 2.10. The second kappa shape index (κ2) is 6.76. The van der Waals surface area contributed by atoms with E-state index in [1.807, 2.05) is 39.8 Å². The number of nitrogens with one attached hydrogen (secondary N) is 1. The average Bonchev–Trinajstić information content (AvgIpc) is 2.21. The molecule has 0 aromatic heterocycles. The molecule has 0 bridgehead atoms. The highest BCUT2D eigenvalue weighted by molar-refractivity contribution is 6.00. The smallest absolute Gasteiger partial charge is 0.257 e. The van der Waals surface area contributed by atoms with Crippen LogP contribution in [0.15, 0.2) is 18.2 Å². The first-order valence-electron chi connectivity index (χ1n) is 4.97. The number of aryl methyl sites for hydroxylation is 2. The van der Waals surface area contributed by atoms with Crippen LogP contribution in [-0.2, 0) is 4.79 Å². The lowest BCUT2D eigenvalue weighted by molar-refractivity contribution is -0.108. The average molecular weight is 207 g/mol. The first-order chi connectivity index (χ1) is 7.15. The summed E-state index contributed by atoms with van der Waals surface area (Å²) in [7, 11) is 0. The number of imide groups is 1. The van der Waals surface area contributed by atoms with Crippen molar-refractivity contribution in [2.75, 3.05) is 0 Å². The summed E-state index contributed by atoms with van der Waals surface area (Å²) < 4.78 is 0. The minimum atomic E-state index is -0.354. The van der Waals surface area contributed by atoms with Crippen molar-refractivity contribution in [2.45, 2.75) is 27.7 Å². The van der Waals surface area contributed by atoms with E-state index in [1.165, 1.54) is 0 Å². The molecule has 2 amide bonds. The van der Waals surface area contributed by atoms with Crippen molar-refractivity contribution in [3.8, 4) is 0 Å². The fraction of sp³-hybridized carbons (Fsp3) is 0.333. The van der Waals surface area contributed by atoms with Crippen LogP contribution >= 0.6 is 0 Å². The lowest BCUT2D eigenvalue weighted by Gasteiger charge is -2.03. The Morgan fingerprint density at radius 1 is 1.27 bits per heavy atom. The summed E-state index contributed by atoms with van der Waals surface area (Å²) in [4.78, 5) is 21.3. The monoisotopic (exact) mass is 207 g/mol. The van der Waals surface area contributed by atoms with Gasteiger partial charge in [0.15, 0.2) is 0 Å². The SMILES string of the molecule is CC.Cc1ccc(C(=O)NC=O)c(C)c1. The highest BCUT2D eigenvalue weighted by atomic mass is 16.2. The molecule has 0 aliphatic heterocycles. The molecule has 0 saturated carbocycles. The van der Waals surface area contributed by atoms with Crippen molar-refractivity contribution in [2.24, 2.45) is 0 Å². The number of amides is 2. The Bertz CT molecular complexity index is 345. The quantitative estimate of drug-likeness (QED) is 0.756. The van der Waals surface area contributed by atoms with Crippen molar-refractivity contribution in [3.05, 3.63) is 34.9 Å². The number of hydrogen-bond acceptors (Lipinski definition) is 2. The lowest BCUT2D eigenvalue weighted by atomic mass is 10.1. The minimum Gasteiger partial charge on any atom is -0.295 e. The Hall–Kier alpha value is -1.64. The van der Waals surface area contributed by atoms with Crippen LogP contribution in [0.1, 0.15) is 35.3 Å². The molecule has 3 nitrogen and oxygen atoms in total. The number of carbonyl (C=O) groups excluding carboxylic acids is 2. The highest BCUT2D eigenvalue weighted by Gasteiger charge is 2.06. The fourth-order valence-corrected chi connectivity index (χ4v) is 1.20. The number of carbonyl (C=O) groups is 2. The Kier molecular flexibility index (Phi) is 6.02. The van der Waals surface area contributed by atoms with Crippen LogP contribution in [0.3, 0.4) is 0 Å². The van der Waals surface area contributed by atoms with Crippen LogP contribution in [0.4, 0.5) is 0 Å². The topological polar surface area (TPSA) is 46.2 Å². The second-order valence-corrected chi connectivity index (χ2v) is 2.91. The highest BCUT2D eigenvalue weighted by Crippen LogP contribution is 2.09. The Labute approximate surface area is 90.5 Å².